The first-order valence-corrected chi connectivity index (χ1v) is 5.27. The second kappa shape index (κ2) is 3.61. The third-order valence-electron chi connectivity index (χ3n) is 3.43. The van der Waals surface area contributed by atoms with Gasteiger partial charge < -0.3 is 0 Å². The van der Waals surface area contributed by atoms with E-state index in [-0.39, 0.29) is 0 Å². The monoisotopic (exact) mass is 165 g/mol. The van der Waals surface area contributed by atoms with Crippen molar-refractivity contribution >= 4 is 0 Å². The van der Waals surface area contributed by atoms with Crippen LogP contribution in [0.3, 0.4) is 0 Å². The van der Waals surface area contributed by atoms with Crippen LogP contribution < -0.4 is 0 Å². The molecule has 1 aliphatic heterocycles. The van der Waals surface area contributed by atoms with Crippen LogP contribution >= 0.6 is 0 Å². The van der Waals surface area contributed by atoms with Crippen LogP contribution in [-0.4, -0.2) is 24.0 Å². The summed E-state index contributed by atoms with van der Waals surface area (Å²) in [6.45, 7) is 6.40. The molecule has 1 heterocycles. The van der Waals surface area contributed by atoms with Gasteiger partial charge in [0.2, 0.25) is 0 Å². The van der Waals surface area contributed by atoms with Crippen LogP contribution in [0.25, 0.3) is 0 Å². The molecule has 2 rings (SSSR count). The van der Waals surface area contributed by atoms with E-state index in [1.165, 1.54) is 45.2 Å². The molecule has 68 valence electrons. The Balaban J connectivity index is 1.76. The molecule has 0 aromatic rings. The smallest absolute Gasteiger partial charge is 0.0136 e. The van der Waals surface area contributed by atoms with Crippen molar-refractivity contribution in [1.82, 2.24) is 4.90 Å². The van der Waals surface area contributed by atoms with Gasteiger partial charge in [-0.25, -0.2) is 0 Å². The zero-order valence-corrected chi connectivity index (χ0v) is 7.84. The molecule has 0 aromatic heterocycles. The van der Waals surface area contributed by atoms with Crippen LogP contribution in [-0.2, 0) is 0 Å². The van der Waals surface area contributed by atoms with Crippen molar-refractivity contribution in [1.29, 1.82) is 0 Å². The molecule has 1 saturated carbocycles. The van der Waals surface area contributed by atoms with Crippen molar-refractivity contribution in [2.45, 2.75) is 38.1 Å². The fraction of sp³-hybridized carbons (Fsp3) is 0.818. The van der Waals surface area contributed by atoms with E-state index in [1.54, 1.807) is 0 Å². The SMILES string of the molecule is C=CCCN1C[C@H]2CCCC[C@H]21. The van der Waals surface area contributed by atoms with E-state index in [1.807, 2.05) is 6.08 Å². The van der Waals surface area contributed by atoms with E-state index < -0.39 is 0 Å². The Bertz CT molecular complexity index is 164. The van der Waals surface area contributed by atoms with Gasteiger partial charge in [-0.1, -0.05) is 18.9 Å². The Morgan fingerprint density at radius 2 is 2.17 bits per heavy atom. The quantitative estimate of drug-likeness (QED) is 0.581. The molecular weight excluding hydrogens is 146 g/mol. The summed E-state index contributed by atoms with van der Waals surface area (Å²) in [6, 6.07) is 0.957. The minimum Gasteiger partial charge on any atom is -0.299 e. The molecule has 0 aromatic carbocycles. The summed E-state index contributed by atoms with van der Waals surface area (Å²) in [5.41, 5.74) is 0. The average molecular weight is 165 g/mol. The predicted molar refractivity (Wildman–Crippen MR) is 52.1 cm³/mol. The average Bonchev–Trinajstić information content (AvgIpc) is 2.07. The Labute approximate surface area is 75.4 Å². The zero-order chi connectivity index (χ0) is 8.39. The molecular formula is C11H19N. The highest BCUT2D eigenvalue weighted by molar-refractivity contribution is 4.94. The second-order valence-electron chi connectivity index (χ2n) is 4.18. The summed E-state index contributed by atoms with van der Waals surface area (Å²) < 4.78 is 0. The highest BCUT2D eigenvalue weighted by atomic mass is 15.2. The zero-order valence-electron chi connectivity index (χ0n) is 7.84. The molecule has 0 spiro atoms. The number of hydrogen-bond acceptors (Lipinski definition) is 1. The summed E-state index contributed by atoms with van der Waals surface area (Å²) >= 11 is 0. The van der Waals surface area contributed by atoms with Gasteiger partial charge in [0.25, 0.3) is 0 Å². The Morgan fingerprint density at radius 3 is 2.92 bits per heavy atom. The van der Waals surface area contributed by atoms with E-state index in [2.05, 4.69) is 11.5 Å². The maximum absolute atomic E-state index is 3.77. The van der Waals surface area contributed by atoms with Crippen LogP contribution in [0.4, 0.5) is 0 Å². The van der Waals surface area contributed by atoms with E-state index in [9.17, 15) is 0 Å². The maximum Gasteiger partial charge on any atom is 0.0136 e. The number of hydrogen-bond donors (Lipinski definition) is 0. The van der Waals surface area contributed by atoms with Crippen LogP contribution in [0.5, 0.6) is 0 Å². The van der Waals surface area contributed by atoms with Gasteiger partial charge in [-0.3, -0.25) is 4.90 Å². The van der Waals surface area contributed by atoms with Gasteiger partial charge in [0.15, 0.2) is 0 Å². The lowest BCUT2D eigenvalue weighted by Crippen LogP contribution is -2.57. The Hall–Kier alpha value is -0.300. The number of likely N-dealkylation sites (tertiary alicyclic amines) is 1. The van der Waals surface area contributed by atoms with Crippen LogP contribution in [0.1, 0.15) is 32.1 Å². The van der Waals surface area contributed by atoms with Crippen molar-refractivity contribution < 1.29 is 0 Å². The van der Waals surface area contributed by atoms with E-state index in [0.29, 0.717) is 0 Å². The fourth-order valence-corrected chi connectivity index (χ4v) is 2.69. The molecule has 2 fully saturated rings. The molecule has 0 radical (unpaired) electrons. The molecule has 2 atom stereocenters. The minimum absolute atomic E-state index is 0.957. The van der Waals surface area contributed by atoms with E-state index >= 15 is 0 Å². The molecule has 0 bridgehead atoms. The molecule has 1 saturated heterocycles. The van der Waals surface area contributed by atoms with Gasteiger partial charge in [-0.05, 0) is 25.2 Å². The molecule has 2 aliphatic rings. The summed E-state index contributed by atoms with van der Waals surface area (Å²) in [6.07, 6.45) is 9.11. The lowest BCUT2D eigenvalue weighted by atomic mass is 9.77. The van der Waals surface area contributed by atoms with Crippen molar-refractivity contribution in [3.05, 3.63) is 12.7 Å². The third kappa shape index (κ3) is 1.42. The minimum atomic E-state index is 0.957. The van der Waals surface area contributed by atoms with E-state index in [4.69, 9.17) is 0 Å². The number of nitrogens with zero attached hydrogens (tertiary/aromatic N) is 1. The van der Waals surface area contributed by atoms with Gasteiger partial charge in [-0.2, -0.15) is 0 Å². The molecule has 12 heavy (non-hydrogen) atoms. The van der Waals surface area contributed by atoms with Gasteiger partial charge in [0, 0.05) is 19.1 Å². The topological polar surface area (TPSA) is 3.24 Å². The highest BCUT2D eigenvalue weighted by Gasteiger charge is 2.38. The molecule has 0 N–H and O–H groups in total. The van der Waals surface area contributed by atoms with Crippen molar-refractivity contribution in [3.63, 3.8) is 0 Å². The molecule has 1 nitrogen and oxygen atoms in total. The van der Waals surface area contributed by atoms with Crippen LogP contribution in [0.15, 0.2) is 12.7 Å². The Morgan fingerprint density at radius 1 is 1.33 bits per heavy atom. The predicted octanol–water partition coefficient (Wildman–Crippen LogP) is 2.44. The molecule has 1 aliphatic carbocycles. The van der Waals surface area contributed by atoms with Crippen LogP contribution in [0.2, 0.25) is 0 Å². The maximum atomic E-state index is 3.77. The summed E-state index contributed by atoms with van der Waals surface area (Å²) in [4.78, 5) is 2.64. The number of rotatable bonds is 3. The van der Waals surface area contributed by atoms with Gasteiger partial charge in [-0.15, -0.1) is 6.58 Å². The third-order valence-corrected chi connectivity index (χ3v) is 3.43. The van der Waals surface area contributed by atoms with E-state index in [0.717, 1.165) is 12.0 Å². The summed E-state index contributed by atoms with van der Waals surface area (Å²) in [5.74, 6) is 1.06. The van der Waals surface area contributed by atoms with Gasteiger partial charge >= 0.3 is 0 Å². The van der Waals surface area contributed by atoms with Crippen molar-refractivity contribution in [2.24, 2.45) is 5.92 Å². The van der Waals surface area contributed by atoms with Crippen molar-refractivity contribution in [3.8, 4) is 0 Å². The first-order chi connectivity index (χ1) is 5.92. The van der Waals surface area contributed by atoms with Crippen LogP contribution in [0, 0.1) is 5.92 Å². The largest absolute Gasteiger partial charge is 0.299 e. The summed E-state index contributed by atoms with van der Waals surface area (Å²) in [7, 11) is 0. The summed E-state index contributed by atoms with van der Waals surface area (Å²) in [5, 5.41) is 0. The lowest BCUT2D eigenvalue weighted by molar-refractivity contribution is -0.0125. The normalized spacial score (nSPS) is 35.3. The highest BCUT2D eigenvalue weighted by Crippen LogP contribution is 2.36. The Kier molecular flexibility index (Phi) is 2.50. The standard InChI is InChI=1S/C11H19N/c1-2-3-8-12-9-10-6-4-5-7-11(10)12/h2,10-11H,1,3-9H2/t10-,11-/m1/s1. The lowest BCUT2D eigenvalue weighted by Gasteiger charge is -2.51. The van der Waals surface area contributed by atoms with Gasteiger partial charge in [0.05, 0.1) is 0 Å². The first-order valence-electron chi connectivity index (χ1n) is 5.27. The molecule has 0 unspecified atom stereocenters. The number of fused-ring (bicyclic) bond motifs is 1. The molecule has 0 amide bonds. The first kappa shape index (κ1) is 8.31. The fourth-order valence-electron chi connectivity index (χ4n) is 2.69. The second-order valence-corrected chi connectivity index (χ2v) is 4.18. The van der Waals surface area contributed by atoms with Gasteiger partial charge in [0.1, 0.15) is 0 Å². The molecule has 1 heteroatoms. The van der Waals surface area contributed by atoms with Crippen molar-refractivity contribution in [2.75, 3.05) is 13.1 Å².